The molecule has 120 valence electrons. The van der Waals surface area contributed by atoms with E-state index < -0.39 is 0 Å². The lowest BCUT2D eigenvalue weighted by Gasteiger charge is -2.22. The van der Waals surface area contributed by atoms with Gasteiger partial charge in [0.15, 0.2) is 0 Å². The molecule has 1 saturated heterocycles. The molecular weight excluding hydrogens is 341 g/mol. The molecule has 0 saturated carbocycles. The van der Waals surface area contributed by atoms with Crippen molar-refractivity contribution in [3.05, 3.63) is 41.4 Å². The van der Waals surface area contributed by atoms with E-state index in [1.807, 2.05) is 47.7 Å². The van der Waals surface area contributed by atoms with Crippen molar-refractivity contribution in [2.75, 3.05) is 20.1 Å². The number of halogens is 2. The molecule has 0 spiro atoms. The van der Waals surface area contributed by atoms with E-state index in [0.29, 0.717) is 5.69 Å². The maximum atomic E-state index is 12.4. The van der Waals surface area contributed by atoms with Crippen LogP contribution in [-0.2, 0) is 0 Å². The second-order valence-corrected chi connectivity index (χ2v) is 5.82. The van der Waals surface area contributed by atoms with Crippen LogP contribution in [-0.4, -0.2) is 42.0 Å². The first-order chi connectivity index (χ1) is 9.75. The molecular formula is C15H19Cl2N3OS. The maximum Gasteiger partial charge on any atom is 0.273 e. The van der Waals surface area contributed by atoms with Gasteiger partial charge in [-0.2, -0.15) is 0 Å². The van der Waals surface area contributed by atoms with Crippen LogP contribution in [0, 0.1) is 0 Å². The molecule has 1 atom stereocenters. The van der Waals surface area contributed by atoms with Crippen LogP contribution in [0.1, 0.15) is 16.9 Å². The third kappa shape index (κ3) is 3.98. The van der Waals surface area contributed by atoms with Gasteiger partial charge in [-0.15, -0.1) is 36.2 Å². The first-order valence-electron chi connectivity index (χ1n) is 6.74. The molecule has 1 aliphatic rings. The van der Waals surface area contributed by atoms with Gasteiger partial charge in [-0.3, -0.25) is 4.79 Å². The summed E-state index contributed by atoms with van der Waals surface area (Å²) < 4.78 is 0. The van der Waals surface area contributed by atoms with Crippen LogP contribution in [0.15, 0.2) is 35.7 Å². The smallest absolute Gasteiger partial charge is 0.273 e. The number of hydrogen-bond acceptors (Lipinski definition) is 4. The molecule has 0 aliphatic carbocycles. The second kappa shape index (κ2) is 8.48. The Morgan fingerprint density at radius 2 is 2.05 bits per heavy atom. The normalized spacial score (nSPS) is 16.5. The summed E-state index contributed by atoms with van der Waals surface area (Å²) in [4.78, 5) is 18.7. The van der Waals surface area contributed by atoms with Crippen LogP contribution in [0.2, 0.25) is 0 Å². The van der Waals surface area contributed by atoms with Gasteiger partial charge in [0.05, 0.1) is 0 Å². The molecule has 0 radical (unpaired) electrons. The summed E-state index contributed by atoms with van der Waals surface area (Å²) in [5, 5.41) is 6.02. The van der Waals surface area contributed by atoms with Crippen LogP contribution in [0.5, 0.6) is 0 Å². The van der Waals surface area contributed by atoms with Crippen molar-refractivity contribution in [2.24, 2.45) is 0 Å². The van der Waals surface area contributed by atoms with Crippen LogP contribution < -0.4 is 5.32 Å². The summed E-state index contributed by atoms with van der Waals surface area (Å²) in [5.41, 5.74) is 1.60. The van der Waals surface area contributed by atoms with Crippen molar-refractivity contribution < 1.29 is 4.79 Å². The number of rotatable bonds is 3. The van der Waals surface area contributed by atoms with Gasteiger partial charge in [0.1, 0.15) is 10.7 Å². The maximum absolute atomic E-state index is 12.4. The molecule has 2 aromatic rings. The van der Waals surface area contributed by atoms with E-state index in [1.54, 1.807) is 0 Å². The minimum atomic E-state index is 0. The monoisotopic (exact) mass is 359 g/mol. The Morgan fingerprint density at radius 3 is 2.68 bits per heavy atom. The number of carbonyl (C=O) groups excluding carboxylic acids is 1. The van der Waals surface area contributed by atoms with Crippen LogP contribution in [0.4, 0.5) is 0 Å². The van der Waals surface area contributed by atoms with Gasteiger partial charge < -0.3 is 10.2 Å². The van der Waals surface area contributed by atoms with E-state index >= 15 is 0 Å². The van der Waals surface area contributed by atoms with Gasteiger partial charge in [0.25, 0.3) is 5.91 Å². The molecule has 2 heterocycles. The molecule has 4 nitrogen and oxygen atoms in total. The molecule has 1 unspecified atom stereocenters. The lowest BCUT2D eigenvalue weighted by Crippen LogP contribution is -2.38. The highest BCUT2D eigenvalue weighted by atomic mass is 35.5. The molecule has 7 heteroatoms. The quantitative estimate of drug-likeness (QED) is 0.915. The summed E-state index contributed by atoms with van der Waals surface area (Å²) in [6.07, 6.45) is 1.01. The van der Waals surface area contributed by atoms with Gasteiger partial charge >= 0.3 is 0 Å². The van der Waals surface area contributed by atoms with Gasteiger partial charge in [0.2, 0.25) is 0 Å². The number of hydrogen-bond donors (Lipinski definition) is 1. The number of aromatic nitrogens is 1. The minimum absolute atomic E-state index is 0. The third-order valence-electron chi connectivity index (χ3n) is 3.65. The van der Waals surface area contributed by atoms with Crippen LogP contribution in [0.3, 0.4) is 0 Å². The van der Waals surface area contributed by atoms with E-state index in [-0.39, 0.29) is 36.8 Å². The Hall–Kier alpha value is -1.14. The number of likely N-dealkylation sites (N-methyl/N-ethyl adjacent to an activating group) is 1. The molecule has 1 aromatic carbocycles. The first-order valence-corrected chi connectivity index (χ1v) is 7.62. The van der Waals surface area contributed by atoms with Gasteiger partial charge in [-0.1, -0.05) is 30.3 Å². The summed E-state index contributed by atoms with van der Waals surface area (Å²) in [5.74, 6) is 0.0112. The van der Waals surface area contributed by atoms with Crippen molar-refractivity contribution in [1.29, 1.82) is 0 Å². The van der Waals surface area contributed by atoms with Crippen LogP contribution in [0.25, 0.3) is 10.6 Å². The fraction of sp³-hybridized carbons (Fsp3) is 0.333. The topological polar surface area (TPSA) is 45.2 Å². The van der Waals surface area contributed by atoms with Crippen molar-refractivity contribution in [3.8, 4) is 10.6 Å². The standard InChI is InChI=1S/C15H17N3OS.2ClH/c1-18(12-7-8-16-9-12)15(19)13-10-20-14(17-13)11-5-3-2-4-6-11;;/h2-6,10,12,16H,7-9H2,1H3;2*1H. The van der Waals surface area contributed by atoms with Crippen molar-refractivity contribution in [1.82, 2.24) is 15.2 Å². The minimum Gasteiger partial charge on any atom is -0.336 e. The predicted molar refractivity (Wildman–Crippen MR) is 95.4 cm³/mol. The number of benzene rings is 1. The number of thiazole rings is 1. The predicted octanol–water partition coefficient (Wildman–Crippen LogP) is 3.09. The first kappa shape index (κ1) is 18.9. The molecule has 22 heavy (non-hydrogen) atoms. The lowest BCUT2D eigenvalue weighted by atomic mass is 10.2. The average Bonchev–Trinajstić information content (AvgIpc) is 3.18. The van der Waals surface area contributed by atoms with Crippen molar-refractivity contribution in [2.45, 2.75) is 12.5 Å². The molecule has 1 amide bonds. The molecule has 1 fully saturated rings. The van der Waals surface area contributed by atoms with E-state index in [9.17, 15) is 4.79 Å². The molecule has 1 N–H and O–H groups in total. The van der Waals surface area contributed by atoms with E-state index in [2.05, 4.69) is 10.3 Å². The largest absolute Gasteiger partial charge is 0.336 e. The zero-order valence-corrected chi connectivity index (χ0v) is 14.6. The summed E-state index contributed by atoms with van der Waals surface area (Å²) >= 11 is 1.52. The fourth-order valence-electron chi connectivity index (χ4n) is 2.40. The molecule has 3 rings (SSSR count). The zero-order chi connectivity index (χ0) is 13.9. The summed E-state index contributed by atoms with van der Waals surface area (Å²) in [7, 11) is 1.86. The molecule has 0 bridgehead atoms. The average molecular weight is 360 g/mol. The number of carbonyl (C=O) groups is 1. The van der Waals surface area contributed by atoms with Gasteiger partial charge in [0, 0.05) is 30.6 Å². The highest BCUT2D eigenvalue weighted by Gasteiger charge is 2.25. The Bertz CT molecular complexity index is 600. The Labute approximate surface area is 146 Å². The zero-order valence-electron chi connectivity index (χ0n) is 12.2. The Kier molecular flexibility index (Phi) is 7.29. The molecule has 1 aliphatic heterocycles. The van der Waals surface area contributed by atoms with Gasteiger partial charge in [-0.05, 0) is 13.0 Å². The number of amides is 1. The van der Waals surface area contributed by atoms with E-state index in [1.165, 1.54) is 11.3 Å². The lowest BCUT2D eigenvalue weighted by molar-refractivity contribution is 0.0739. The molecule has 1 aromatic heterocycles. The van der Waals surface area contributed by atoms with Crippen molar-refractivity contribution in [3.63, 3.8) is 0 Å². The number of nitrogens with zero attached hydrogens (tertiary/aromatic N) is 2. The highest BCUT2D eigenvalue weighted by molar-refractivity contribution is 7.13. The summed E-state index contributed by atoms with van der Waals surface area (Å²) in [6.45, 7) is 1.85. The van der Waals surface area contributed by atoms with E-state index in [4.69, 9.17) is 0 Å². The number of nitrogens with one attached hydrogen (secondary N) is 1. The second-order valence-electron chi connectivity index (χ2n) is 4.97. The van der Waals surface area contributed by atoms with Gasteiger partial charge in [-0.25, -0.2) is 4.98 Å². The highest BCUT2D eigenvalue weighted by Crippen LogP contribution is 2.24. The van der Waals surface area contributed by atoms with Crippen LogP contribution >= 0.6 is 36.2 Å². The van der Waals surface area contributed by atoms with E-state index in [0.717, 1.165) is 30.1 Å². The summed E-state index contributed by atoms with van der Waals surface area (Å²) in [6, 6.07) is 10.2. The fourth-order valence-corrected chi connectivity index (χ4v) is 3.20. The SMILES string of the molecule is CN(C(=O)c1csc(-c2ccccc2)n1)C1CCNC1.Cl.Cl. The van der Waals surface area contributed by atoms with Crippen molar-refractivity contribution >= 4 is 42.1 Å². The Morgan fingerprint density at radius 1 is 1.32 bits per heavy atom. The third-order valence-corrected chi connectivity index (χ3v) is 4.54. The Balaban J connectivity index is 0.00000121.